The Morgan fingerprint density at radius 3 is 2.79 bits per heavy atom. The van der Waals surface area contributed by atoms with Crippen LogP contribution in [0.15, 0.2) is 42.5 Å². The van der Waals surface area contributed by atoms with Crippen LogP contribution in [-0.4, -0.2) is 41.3 Å². The zero-order chi connectivity index (χ0) is 20.4. The lowest BCUT2D eigenvalue weighted by Gasteiger charge is -2.38. The summed E-state index contributed by atoms with van der Waals surface area (Å²) in [7, 11) is 0. The largest absolute Gasteiger partial charge is 0.505 e. The predicted octanol–water partition coefficient (Wildman–Crippen LogP) is 3.52. The van der Waals surface area contributed by atoms with Crippen LogP contribution >= 0.6 is 0 Å². The van der Waals surface area contributed by atoms with Gasteiger partial charge in [0.1, 0.15) is 17.9 Å². The van der Waals surface area contributed by atoms with Crippen molar-refractivity contribution >= 4 is 0 Å². The van der Waals surface area contributed by atoms with Crippen LogP contribution in [0.1, 0.15) is 42.7 Å². The van der Waals surface area contributed by atoms with Crippen molar-refractivity contribution in [2.45, 2.75) is 49.8 Å². The summed E-state index contributed by atoms with van der Waals surface area (Å²) in [6.45, 7) is 1.80. The highest BCUT2D eigenvalue weighted by Crippen LogP contribution is 2.41. The summed E-state index contributed by atoms with van der Waals surface area (Å²) in [6.07, 6.45) is 3.56. The van der Waals surface area contributed by atoms with Crippen LogP contribution in [0.2, 0.25) is 0 Å². The van der Waals surface area contributed by atoms with Crippen molar-refractivity contribution in [1.29, 1.82) is 5.26 Å². The molecule has 152 valence electrons. The number of likely N-dealkylation sites (tertiary alicyclic amines) is 1. The third-order valence-electron chi connectivity index (χ3n) is 6.16. The molecule has 2 aromatic carbocycles. The first-order valence-electron chi connectivity index (χ1n) is 10.2. The number of piperidine rings is 1. The number of phenolic OH excluding ortho intramolecular Hbond substituents is 1. The molecule has 4 rings (SSSR count). The van der Waals surface area contributed by atoms with Crippen LogP contribution in [0, 0.1) is 17.1 Å². The number of hydrogen-bond acceptors (Lipinski definition) is 5. The Morgan fingerprint density at radius 1 is 1.21 bits per heavy atom. The molecule has 0 aromatic heterocycles. The van der Waals surface area contributed by atoms with Crippen molar-refractivity contribution in [3.63, 3.8) is 0 Å². The Kier molecular flexibility index (Phi) is 5.70. The molecule has 1 heterocycles. The van der Waals surface area contributed by atoms with Crippen molar-refractivity contribution in [3.05, 3.63) is 59.4 Å². The van der Waals surface area contributed by atoms with Crippen molar-refractivity contribution in [2.75, 3.05) is 13.1 Å². The monoisotopic (exact) mass is 395 g/mol. The van der Waals surface area contributed by atoms with E-state index in [4.69, 9.17) is 10.5 Å². The van der Waals surface area contributed by atoms with Gasteiger partial charge < -0.3 is 15.6 Å². The zero-order valence-electron chi connectivity index (χ0n) is 16.3. The third kappa shape index (κ3) is 4.21. The lowest BCUT2D eigenvalue weighted by molar-refractivity contribution is 0.0680. The van der Waals surface area contributed by atoms with Gasteiger partial charge in [-0.2, -0.15) is 5.26 Å². The minimum atomic E-state index is -0.610. The van der Waals surface area contributed by atoms with E-state index in [1.807, 2.05) is 18.2 Å². The van der Waals surface area contributed by atoms with E-state index in [-0.39, 0.29) is 29.9 Å². The number of ether oxygens (including phenoxy) is 1. The first-order valence-corrected chi connectivity index (χ1v) is 10.2. The molecule has 0 amide bonds. The summed E-state index contributed by atoms with van der Waals surface area (Å²) in [5.41, 5.74) is 7.65. The van der Waals surface area contributed by atoms with E-state index >= 15 is 0 Å². The summed E-state index contributed by atoms with van der Waals surface area (Å²) in [6, 6.07) is 14.4. The van der Waals surface area contributed by atoms with E-state index in [1.165, 1.54) is 12.1 Å². The van der Waals surface area contributed by atoms with Gasteiger partial charge in [0.05, 0.1) is 5.56 Å². The van der Waals surface area contributed by atoms with Crippen LogP contribution in [0.25, 0.3) is 0 Å². The first kappa shape index (κ1) is 19.7. The lowest BCUT2D eigenvalue weighted by Crippen LogP contribution is -2.51. The Hall–Kier alpha value is -2.62. The molecule has 1 saturated carbocycles. The molecule has 0 spiro atoms. The van der Waals surface area contributed by atoms with Gasteiger partial charge in [-0.05, 0) is 68.0 Å². The van der Waals surface area contributed by atoms with E-state index in [2.05, 4.69) is 11.0 Å². The Balaban J connectivity index is 1.60. The lowest BCUT2D eigenvalue weighted by atomic mass is 9.96. The maximum Gasteiger partial charge on any atom is 0.164 e. The van der Waals surface area contributed by atoms with Crippen molar-refractivity contribution in [1.82, 2.24) is 4.90 Å². The maximum absolute atomic E-state index is 13.5. The Bertz CT molecular complexity index is 913. The summed E-state index contributed by atoms with van der Waals surface area (Å²) in [5.74, 6) is -0.197. The van der Waals surface area contributed by atoms with Gasteiger partial charge in [-0.1, -0.05) is 18.2 Å². The normalized spacial score (nSPS) is 27.5. The van der Waals surface area contributed by atoms with Crippen molar-refractivity contribution in [3.8, 4) is 17.6 Å². The van der Waals surface area contributed by atoms with Gasteiger partial charge in [0.25, 0.3) is 0 Å². The quantitative estimate of drug-likeness (QED) is 0.828. The summed E-state index contributed by atoms with van der Waals surface area (Å²) in [4.78, 5) is 2.40. The molecule has 2 fully saturated rings. The van der Waals surface area contributed by atoms with E-state index in [9.17, 15) is 14.8 Å². The molecule has 29 heavy (non-hydrogen) atoms. The molecule has 2 aromatic rings. The van der Waals surface area contributed by atoms with E-state index < -0.39 is 5.82 Å². The number of phenols is 1. The minimum Gasteiger partial charge on any atom is -0.505 e. The molecule has 5 nitrogen and oxygen atoms in total. The molecule has 1 aliphatic heterocycles. The SMILES string of the molecule is N#Cc1ccccc1OC1CC(c2ccc(F)c(O)c2)CC1N1CCCC(N)C1. The van der Waals surface area contributed by atoms with Gasteiger partial charge in [-0.25, -0.2) is 4.39 Å². The second-order valence-electron chi connectivity index (χ2n) is 8.11. The number of rotatable bonds is 4. The average Bonchev–Trinajstić information content (AvgIpc) is 3.14. The maximum atomic E-state index is 13.5. The number of para-hydroxylation sites is 1. The number of halogens is 1. The number of hydrogen-bond donors (Lipinski definition) is 2. The highest BCUT2D eigenvalue weighted by molar-refractivity contribution is 5.43. The summed E-state index contributed by atoms with van der Waals surface area (Å²) in [5, 5.41) is 19.2. The van der Waals surface area contributed by atoms with Crippen LogP contribution in [0.5, 0.6) is 11.5 Å². The van der Waals surface area contributed by atoms with Crippen LogP contribution in [0.4, 0.5) is 4.39 Å². The Labute approximate surface area is 170 Å². The Morgan fingerprint density at radius 2 is 2.03 bits per heavy atom. The summed E-state index contributed by atoms with van der Waals surface area (Å²) >= 11 is 0. The van der Waals surface area contributed by atoms with E-state index in [1.54, 1.807) is 12.1 Å². The highest BCUT2D eigenvalue weighted by Gasteiger charge is 2.41. The smallest absolute Gasteiger partial charge is 0.164 e. The zero-order valence-corrected chi connectivity index (χ0v) is 16.3. The fourth-order valence-electron chi connectivity index (χ4n) is 4.71. The number of benzene rings is 2. The third-order valence-corrected chi connectivity index (χ3v) is 6.16. The van der Waals surface area contributed by atoms with Crippen LogP contribution < -0.4 is 10.5 Å². The van der Waals surface area contributed by atoms with E-state index in [0.29, 0.717) is 11.3 Å². The summed E-state index contributed by atoms with van der Waals surface area (Å²) < 4.78 is 19.9. The fraction of sp³-hybridized carbons (Fsp3) is 0.435. The van der Waals surface area contributed by atoms with Gasteiger partial charge in [0, 0.05) is 18.6 Å². The van der Waals surface area contributed by atoms with Gasteiger partial charge in [0.2, 0.25) is 0 Å². The average molecular weight is 395 g/mol. The number of nitrogens with two attached hydrogens (primary N) is 1. The predicted molar refractivity (Wildman–Crippen MR) is 108 cm³/mol. The second kappa shape index (κ2) is 8.40. The molecule has 6 heteroatoms. The van der Waals surface area contributed by atoms with Gasteiger partial charge in [-0.15, -0.1) is 0 Å². The molecular formula is C23H26FN3O2. The molecule has 4 unspecified atom stereocenters. The molecule has 2 aliphatic rings. The fourth-order valence-corrected chi connectivity index (χ4v) is 4.71. The molecule has 1 saturated heterocycles. The van der Waals surface area contributed by atoms with Gasteiger partial charge in [0.15, 0.2) is 11.6 Å². The molecular weight excluding hydrogens is 369 g/mol. The van der Waals surface area contributed by atoms with Crippen LogP contribution in [-0.2, 0) is 0 Å². The van der Waals surface area contributed by atoms with Crippen LogP contribution in [0.3, 0.4) is 0 Å². The minimum absolute atomic E-state index is 0.105. The van der Waals surface area contributed by atoms with Crippen molar-refractivity contribution in [2.24, 2.45) is 5.73 Å². The van der Waals surface area contributed by atoms with E-state index in [0.717, 1.165) is 44.3 Å². The van der Waals surface area contributed by atoms with Crippen molar-refractivity contribution < 1.29 is 14.2 Å². The first-order chi connectivity index (χ1) is 14.0. The molecule has 0 bridgehead atoms. The second-order valence-corrected chi connectivity index (χ2v) is 8.11. The molecule has 3 N–H and O–H groups in total. The number of nitriles is 1. The topological polar surface area (TPSA) is 82.5 Å². The van der Waals surface area contributed by atoms with Gasteiger partial charge in [-0.3, -0.25) is 4.90 Å². The highest BCUT2D eigenvalue weighted by atomic mass is 19.1. The van der Waals surface area contributed by atoms with Gasteiger partial charge >= 0.3 is 0 Å². The number of aromatic hydroxyl groups is 1. The molecule has 0 radical (unpaired) electrons. The standard InChI is InChI=1S/C23H26FN3O2/c24-19-8-7-15(11-21(19)28)17-10-20(27-9-3-5-18(26)14-27)23(12-17)29-22-6-2-1-4-16(22)13-25/h1-2,4,6-8,11,17-18,20,23,28H,3,5,9-10,12,14,26H2. The molecule has 4 atom stereocenters. The molecule has 1 aliphatic carbocycles. The number of nitrogens with zero attached hydrogens (tertiary/aromatic N) is 2.